The molecule has 0 unspecified atom stereocenters. The summed E-state index contributed by atoms with van der Waals surface area (Å²) in [5.74, 6) is -0.307. The Morgan fingerprint density at radius 3 is 2.52 bits per heavy atom. The molecule has 1 N–H and O–H groups in total. The molecule has 1 amide bonds. The Kier molecular flexibility index (Phi) is 4.61. The van der Waals surface area contributed by atoms with Gasteiger partial charge < -0.3 is 5.32 Å². The third-order valence-electron chi connectivity index (χ3n) is 3.07. The van der Waals surface area contributed by atoms with Gasteiger partial charge in [0.2, 0.25) is 6.54 Å². The van der Waals surface area contributed by atoms with E-state index < -0.39 is 4.92 Å². The molecule has 0 saturated heterocycles. The Balaban J connectivity index is 2.06. The zero-order chi connectivity index (χ0) is 15.2. The number of para-hydroxylation sites is 2. The van der Waals surface area contributed by atoms with Gasteiger partial charge in [0.15, 0.2) is 12.4 Å². The summed E-state index contributed by atoms with van der Waals surface area (Å²) in [7, 11) is 0. The van der Waals surface area contributed by atoms with Crippen LogP contribution in [0.5, 0.6) is 0 Å². The van der Waals surface area contributed by atoms with Crippen LogP contribution in [0.3, 0.4) is 0 Å². The molecule has 0 spiro atoms. The van der Waals surface area contributed by atoms with Crippen LogP contribution >= 0.6 is 0 Å². The van der Waals surface area contributed by atoms with Crippen molar-refractivity contribution in [1.29, 1.82) is 0 Å². The lowest BCUT2D eigenvalue weighted by atomic mass is 10.2. The summed E-state index contributed by atoms with van der Waals surface area (Å²) in [6.07, 6.45) is 4.57. The van der Waals surface area contributed by atoms with Crippen LogP contribution in [0.15, 0.2) is 48.8 Å². The van der Waals surface area contributed by atoms with Gasteiger partial charge in [-0.2, -0.15) is 4.57 Å². The third kappa shape index (κ3) is 3.85. The Hall–Kier alpha value is -2.76. The smallest absolute Gasteiger partial charge is 0.292 e. The van der Waals surface area contributed by atoms with Gasteiger partial charge >= 0.3 is 0 Å². The molecule has 0 aliphatic heterocycles. The van der Waals surface area contributed by atoms with E-state index >= 15 is 0 Å². The van der Waals surface area contributed by atoms with Crippen molar-refractivity contribution in [2.45, 2.75) is 19.9 Å². The highest BCUT2D eigenvalue weighted by Gasteiger charge is 2.16. The van der Waals surface area contributed by atoms with E-state index in [1.807, 2.05) is 24.5 Å². The second-order valence-electron chi connectivity index (χ2n) is 4.55. The summed E-state index contributed by atoms with van der Waals surface area (Å²) in [4.78, 5) is 22.3. The Labute approximate surface area is 122 Å². The Morgan fingerprint density at radius 2 is 1.90 bits per heavy atom. The number of pyridine rings is 1. The molecule has 108 valence electrons. The second kappa shape index (κ2) is 6.60. The molecule has 0 aliphatic rings. The van der Waals surface area contributed by atoms with Crippen LogP contribution in [0.4, 0.5) is 11.4 Å². The molecule has 1 aromatic heterocycles. The van der Waals surface area contributed by atoms with Crippen molar-refractivity contribution >= 4 is 17.3 Å². The monoisotopic (exact) mass is 286 g/mol. The predicted molar refractivity (Wildman–Crippen MR) is 77.7 cm³/mol. The van der Waals surface area contributed by atoms with Crippen molar-refractivity contribution in [3.05, 3.63) is 64.5 Å². The number of nitro groups is 1. The molecule has 2 aromatic rings. The van der Waals surface area contributed by atoms with E-state index in [2.05, 4.69) is 12.2 Å². The van der Waals surface area contributed by atoms with E-state index in [0.29, 0.717) is 0 Å². The van der Waals surface area contributed by atoms with Gasteiger partial charge in [0.1, 0.15) is 5.69 Å². The van der Waals surface area contributed by atoms with Gasteiger partial charge in [-0.15, -0.1) is 0 Å². The maximum Gasteiger partial charge on any atom is 0.292 e. The first-order valence-electron chi connectivity index (χ1n) is 6.61. The van der Waals surface area contributed by atoms with E-state index in [0.717, 1.165) is 6.42 Å². The number of nitrogens with zero attached hydrogens (tertiary/aromatic N) is 2. The third-order valence-corrected chi connectivity index (χ3v) is 3.07. The molecule has 0 radical (unpaired) electrons. The fraction of sp³-hybridized carbons (Fsp3) is 0.200. The largest absolute Gasteiger partial charge is 0.315 e. The van der Waals surface area contributed by atoms with Gasteiger partial charge in [-0.25, -0.2) is 0 Å². The van der Waals surface area contributed by atoms with Gasteiger partial charge in [-0.3, -0.25) is 14.9 Å². The average molecular weight is 286 g/mol. The first-order valence-corrected chi connectivity index (χ1v) is 6.61. The first kappa shape index (κ1) is 14.6. The van der Waals surface area contributed by atoms with Crippen molar-refractivity contribution in [2.24, 2.45) is 0 Å². The van der Waals surface area contributed by atoms with Crippen molar-refractivity contribution in [3.63, 3.8) is 0 Å². The molecule has 0 fully saturated rings. The Bertz CT molecular complexity index is 653. The number of aromatic nitrogens is 1. The molecule has 6 nitrogen and oxygen atoms in total. The molecule has 2 rings (SSSR count). The highest BCUT2D eigenvalue weighted by atomic mass is 16.6. The maximum atomic E-state index is 12.0. The minimum atomic E-state index is -0.515. The van der Waals surface area contributed by atoms with Gasteiger partial charge in [0, 0.05) is 18.2 Å². The lowest BCUT2D eigenvalue weighted by Gasteiger charge is -2.04. The maximum absolute atomic E-state index is 12.0. The number of benzene rings is 1. The minimum absolute atomic E-state index is 0.107. The number of hydrogen-bond acceptors (Lipinski definition) is 3. The fourth-order valence-electron chi connectivity index (χ4n) is 1.92. The number of nitrogens with one attached hydrogen (secondary N) is 1. The van der Waals surface area contributed by atoms with E-state index in [1.54, 1.807) is 16.7 Å². The zero-order valence-electron chi connectivity index (χ0n) is 11.7. The van der Waals surface area contributed by atoms with Crippen LogP contribution in [0.25, 0.3) is 0 Å². The number of aryl methyl sites for hydroxylation is 1. The lowest BCUT2D eigenvalue weighted by molar-refractivity contribution is -0.684. The fourth-order valence-corrected chi connectivity index (χ4v) is 1.92. The predicted octanol–water partition coefficient (Wildman–Crippen LogP) is 2.08. The van der Waals surface area contributed by atoms with E-state index in [1.165, 1.54) is 17.7 Å². The molecule has 0 atom stereocenters. The zero-order valence-corrected chi connectivity index (χ0v) is 11.7. The van der Waals surface area contributed by atoms with Crippen LogP contribution in [-0.4, -0.2) is 10.8 Å². The average Bonchev–Trinajstić information content (AvgIpc) is 2.48. The van der Waals surface area contributed by atoms with Crippen LogP contribution in [0, 0.1) is 10.1 Å². The lowest BCUT2D eigenvalue weighted by Crippen LogP contribution is -2.39. The summed E-state index contributed by atoms with van der Waals surface area (Å²) in [5.41, 5.74) is 1.28. The summed E-state index contributed by atoms with van der Waals surface area (Å²) < 4.78 is 1.73. The highest BCUT2D eigenvalue weighted by Crippen LogP contribution is 2.22. The minimum Gasteiger partial charge on any atom is -0.315 e. The van der Waals surface area contributed by atoms with Gasteiger partial charge in [0.05, 0.1) is 4.92 Å². The van der Waals surface area contributed by atoms with Gasteiger partial charge in [-0.1, -0.05) is 19.1 Å². The second-order valence-corrected chi connectivity index (χ2v) is 4.55. The number of anilines is 1. The number of nitro benzene ring substituents is 1. The Morgan fingerprint density at radius 1 is 1.24 bits per heavy atom. The van der Waals surface area contributed by atoms with Crippen molar-refractivity contribution in [2.75, 3.05) is 5.32 Å². The van der Waals surface area contributed by atoms with Crippen molar-refractivity contribution in [1.82, 2.24) is 0 Å². The number of carbonyl (C=O) groups excluding carboxylic acids is 1. The summed E-state index contributed by atoms with van der Waals surface area (Å²) in [5, 5.41) is 13.4. The molecular formula is C15H16N3O3+. The summed E-state index contributed by atoms with van der Waals surface area (Å²) >= 11 is 0. The molecular weight excluding hydrogens is 270 g/mol. The van der Waals surface area contributed by atoms with Crippen LogP contribution in [-0.2, 0) is 17.8 Å². The summed E-state index contributed by atoms with van der Waals surface area (Å²) in [6.45, 7) is 2.16. The topological polar surface area (TPSA) is 76.1 Å². The molecule has 21 heavy (non-hydrogen) atoms. The van der Waals surface area contributed by atoms with Crippen LogP contribution in [0.2, 0.25) is 0 Å². The number of carbonyl (C=O) groups is 1. The van der Waals surface area contributed by atoms with Gasteiger partial charge in [0.25, 0.3) is 11.6 Å². The summed E-state index contributed by atoms with van der Waals surface area (Å²) in [6, 6.07) is 9.97. The highest BCUT2D eigenvalue weighted by molar-refractivity contribution is 5.92. The van der Waals surface area contributed by atoms with Gasteiger partial charge in [-0.05, 0) is 18.1 Å². The van der Waals surface area contributed by atoms with Crippen LogP contribution < -0.4 is 9.88 Å². The van der Waals surface area contributed by atoms with Crippen LogP contribution in [0.1, 0.15) is 12.5 Å². The normalized spacial score (nSPS) is 10.1. The van der Waals surface area contributed by atoms with E-state index in [4.69, 9.17) is 0 Å². The molecule has 0 aliphatic carbocycles. The number of rotatable bonds is 5. The molecule has 0 saturated carbocycles. The van der Waals surface area contributed by atoms with E-state index in [9.17, 15) is 14.9 Å². The molecule has 1 heterocycles. The molecule has 1 aromatic carbocycles. The van der Waals surface area contributed by atoms with Crippen molar-refractivity contribution < 1.29 is 14.3 Å². The molecule has 0 bridgehead atoms. The molecule has 6 heteroatoms. The quantitative estimate of drug-likeness (QED) is 0.519. The SMILES string of the molecule is CCc1cc[n+](CC(=O)Nc2ccccc2[N+](=O)[O-])cc1. The number of hydrogen-bond donors (Lipinski definition) is 1. The number of amides is 1. The first-order chi connectivity index (χ1) is 10.1. The van der Waals surface area contributed by atoms with Crippen molar-refractivity contribution in [3.8, 4) is 0 Å². The standard InChI is InChI=1S/C15H15N3O3/c1-2-12-7-9-17(10-8-12)11-15(19)16-13-5-3-4-6-14(13)18(20)21/h3-10H,2,11H2,1H3/p+1. The van der Waals surface area contributed by atoms with E-state index in [-0.39, 0.29) is 23.8 Å².